The van der Waals surface area contributed by atoms with Gasteiger partial charge in [-0.1, -0.05) is 19.1 Å². The number of allylic oxidation sites excluding steroid dienone is 1. The van der Waals surface area contributed by atoms with Gasteiger partial charge in [0.15, 0.2) is 0 Å². The molecule has 58 valence electrons. The fraction of sp³-hybridized carbons (Fsp3) is 0.778. The Morgan fingerprint density at radius 3 is 2.80 bits per heavy atom. The van der Waals surface area contributed by atoms with Crippen LogP contribution in [0.1, 0.15) is 33.1 Å². The highest BCUT2D eigenvalue weighted by molar-refractivity contribution is 5.05. The zero-order valence-corrected chi connectivity index (χ0v) is 6.80. The average Bonchev–Trinajstić information content (AvgIpc) is 1.88. The molecule has 0 heterocycles. The summed E-state index contributed by atoms with van der Waals surface area (Å²) >= 11 is 0. The molecule has 1 heteroatoms. The number of aliphatic hydroxyl groups is 1. The standard InChI is InChI=1S/C9H16O/c1-3-8-4-6-9(2,10)7-5-8/h4,6,8,10H,3,5,7H2,1-2H3/t8-,9-/m0/s1. The van der Waals surface area contributed by atoms with Crippen LogP contribution in [0.2, 0.25) is 0 Å². The van der Waals surface area contributed by atoms with Crippen molar-refractivity contribution in [3.05, 3.63) is 12.2 Å². The van der Waals surface area contributed by atoms with E-state index in [2.05, 4.69) is 13.0 Å². The first-order chi connectivity index (χ1) is 4.64. The minimum atomic E-state index is -0.522. The van der Waals surface area contributed by atoms with Crippen molar-refractivity contribution in [2.75, 3.05) is 0 Å². The van der Waals surface area contributed by atoms with Crippen molar-refractivity contribution in [3.63, 3.8) is 0 Å². The summed E-state index contributed by atoms with van der Waals surface area (Å²) in [5, 5.41) is 9.50. The molecule has 0 aromatic heterocycles. The van der Waals surface area contributed by atoms with Gasteiger partial charge in [0.05, 0.1) is 5.60 Å². The molecule has 0 aromatic rings. The van der Waals surface area contributed by atoms with Crippen LogP contribution in [0.3, 0.4) is 0 Å². The van der Waals surface area contributed by atoms with Crippen molar-refractivity contribution in [1.29, 1.82) is 0 Å². The Kier molecular flexibility index (Phi) is 2.14. The quantitative estimate of drug-likeness (QED) is 0.553. The third kappa shape index (κ3) is 1.84. The first-order valence-corrected chi connectivity index (χ1v) is 4.06. The zero-order chi connectivity index (χ0) is 7.61. The lowest BCUT2D eigenvalue weighted by molar-refractivity contribution is 0.0878. The Labute approximate surface area is 62.8 Å². The van der Waals surface area contributed by atoms with E-state index in [9.17, 15) is 5.11 Å². The Balaban J connectivity index is 2.52. The van der Waals surface area contributed by atoms with Gasteiger partial charge in [-0.05, 0) is 32.1 Å². The summed E-state index contributed by atoms with van der Waals surface area (Å²) in [5.74, 6) is 0.709. The van der Waals surface area contributed by atoms with Crippen LogP contribution in [0.4, 0.5) is 0 Å². The van der Waals surface area contributed by atoms with Gasteiger partial charge in [-0.2, -0.15) is 0 Å². The molecule has 1 N–H and O–H groups in total. The Morgan fingerprint density at radius 2 is 2.40 bits per heavy atom. The maximum atomic E-state index is 9.50. The molecule has 1 aliphatic carbocycles. The number of hydrogen-bond acceptors (Lipinski definition) is 1. The van der Waals surface area contributed by atoms with Gasteiger partial charge < -0.3 is 5.11 Å². The van der Waals surface area contributed by atoms with Crippen molar-refractivity contribution in [3.8, 4) is 0 Å². The molecule has 0 unspecified atom stereocenters. The molecule has 0 aliphatic heterocycles. The van der Waals surface area contributed by atoms with Gasteiger partial charge in [0.1, 0.15) is 0 Å². The lowest BCUT2D eigenvalue weighted by Gasteiger charge is -2.26. The summed E-state index contributed by atoms with van der Waals surface area (Å²) in [6.45, 7) is 4.06. The monoisotopic (exact) mass is 140 g/mol. The molecule has 0 saturated carbocycles. The lowest BCUT2D eigenvalue weighted by atomic mass is 9.85. The largest absolute Gasteiger partial charge is 0.386 e. The molecular formula is C9H16O. The van der Waals surface area contributed by atoms with Gasteiger partial charge in [-0.15, -0.1) is 0 Å². The van der Waals surface area contributed by atoms with E-state index in [-0.39, 0.29) is 0 Å². The molecule has 0 radical (unpaired) electrons. The second-order valence-electron chi connectivity index (χ2n) is 3.42. The molecule has 0 amide bonds. The third-order valence-electron chi connectivity index (χ3n) is 2.27. The third-order valence-corrected chi connectivity index (χ3v) is 2.27. The predicted molar refractivity (Wildman–Crippen MR) is 42.8 cm³/mol. The highest BCUT2D eigenvalue weighted by Gasteiger charge is 2.21. The van der Waals surface area contributed by atoms with Crippen molar-refractivity contribution in [2.24, 2.45) is 5.92 Å². The topological polar surface area (TPSA) is 20.2 Å². The van der Waals surface area contributed by atoms with Crippen LogP contribution in [0.25, 0.3) is 0 Å². The first kappa shape index (κ1) is 7.80. The van der Waals surface area contributed by atoms with Crippen LogP contribution in [0, 0.1) is 5.92 Å². The maximum Gasteiger partial charge on any atom is 0.0800 e. The van der Waals surface area contributed by atoms with Gasteiger partial charge >= 0.3 is 0 Å². The van der Waals surface area contributed by atoms with Crippen LogP contribution in [0.5, 0.6) is 0 Å². The van der Waals surface area contributed by atoms with E-state index in [0.717, 1.165) is 12.8 Å². The fourth-order valence-corrected chi connectivity index (χ4v) is 1.34. The van der Waals surface area contributed by atoms with Crippen molar-refractivity contribution in [1.82, 2.24) is 0 Å². The Hall–Kier alpha value is -0.300. The van der Waals surface area contributed by atoms with Gasteiger partial charge in [0, 0.05) is 0 Å². The second-order valence-corrected chi connectivity index (χ2v) is 3.42. The second kappa shape index (κ2) is 2.75. The summed E-state index contributed by atoms with van der Waals surface area (Å²) < 4.78 is 0. The van der Waals surface area contributed by atoms with Crippen LogP contribution >= 0.6 is 0 Å². The van der Waals surface area contributed by atoms with Crippen LogP contribution in [-0.2, 0) is 0 Å². The first-order valence-electron chi connectivity index (χ1n) is 4.06. The lowest BCUT2D eigenvalue weighted by Crippen LogP contribution is -2.25. The molecule has 1 aliphatic rings. The normalized spacial score (nSPS) is 40.1. The van der Waals surface area contributed by atoms with Crippen LogP contribution in [-0.4, -0.2) is 10.7 Å². The maximum absolute atomic E-state index is 9.50. The molecule has 1 nitrogen and oxygen atoms in total. The van der Waals surface area contributed by atoms with E-state index in [1.165, 1.54) is 6.42 Å². The molecular weight excluding hydrogens is 124 g/mol. The predicted octanol–water partition coefficient (Wildman–Crippen LogP) is 2.11. The Bertz CT molecular complexity index is 136. The number of hydrogen-bond donors (Lipinski definition) is 1. The van der Waals surface area contributed by atoms with Crippen molar-refractivity contribution >= 4 is 0 Å². The van der Waals surface area contributed by atoms with E-state index in [1.54, 1.807) is 0 Å². The fourth-order valence-electron chi connectivity index (χ4n) is 1.34. The average molecular weight is 140 g/mol. The highest BCUT2D eigenvalue weighted by Crippen LogP contribution is 2.26. The van der Waals surface area contributed by atoms with Gasteiger partial charge in [-0.3, -0.25) is 0 Å². The van der Waals surface area contributed by atoms with Gasteiger partial charge in [-0.25, -0.2) is 0 Å². The summed E-state index contributed by atoms with van der Waals surface area (Å²) in [5.41, 5.74) is -0.522. The SMILES string of the molecule is CC[C@H]1C=C[C@](C)(O)CC1. The molecule has 2 atom stereocenters. The van der Waals surface area contributed by atoms with E-state index >= 15 is 0 Å². The van der Waals surface area contributed by atoms with E-state index in [4.69, 9.17) is 0 Å². The van der Waals surface area contributed by atoms with Gasteiger partial charge in [0.2, 0.25) is 0 Å². The van der Waals surface area contributed by atoms with E-state index in [1.807, 2.05) is 13.0 Å². The minimum Gasteiger partial charge on any atom is -0.386 e. The molecule has 0 fully saturated rings. The molecule has 1 rings (SSSR count). The van der Waals surface area contributed by atoms with E-state index < -0.39 is 5.60 Å². The Morgan fingerprint density at radius 1 is 1.70 bits per heavy atom. The zero-order valence-electron chi connectivity index (χ0n) is 6.80. The highest BCUT2D eigenvalue weighted by atomic mass is 16.3. The molecule has 0 aromatic carbocycles. The van der Waals surface area contributed by atoms with Crippen molar-refractivity contribution < 1.29 is 5.11 Å². The van der Waals surface area contributed by atoms with Crippen molar-refractivity contribution in [2.45, 2.75) is 38.7 Å². The summed E-state index contributed by atoms with van der Waals surface area (Å²) in [6.07, 6.45) is 7.34. The molecule has 10 heavy (non-hydrogen) atoms. The van der Waals surface area contributed by atoms with E-state index in [0.29, 0.717) is 5.92 Å². The number of rotatable bonds is 1. The summed E-state index contributed by atoms with van der Waals surface area (Å²) in [7, 11) is 0. The van der Waals surface area contributed by atoms with Crippen LogP contribution < -0.4 is 0 Å². The summed E-state index contributed by atoms with van der Waals surface area (Å²) in [6, 6.07) is 0. The van der Waals surface area contributed by atoms with Gasteiger partial charge in [0.25, 0.3) is 0 Å². The molecule has 0 bridgehead atoms. The molecule has 0 spiro atoms. The molecule has 0 saturated heterocycles. The van der Waals surface area contributed by atoms with Crippen LogP contribution in [0.15, 0.2) is 12.2 Å². The summed E-state index contributed by atoms with van der Waals surface area (Å²) in [4.78, 5) is 0. The minimum absolute atomic E-state index is 0.522. The smallest absolute Gasteiger partial charge is 0.0800 e.